The first-order valence-corrected chi connectivity index (χ1v) is 13.0. The van der Waals surface area contributed by atoms with Crippen molar-refractivity contribution in [3.63, 3.8) is 0 Å². The Bertz CT molecular complexity index is 1260. The highest BCUT2D eigenvalue weighted by molar-refractivity contribution is 5.99. The summed E-state index contributed by atoms with van der Waals surface area (Å²) in [6.45, 7) is 7.28. The molecular formula is C29H36N4O5. The Kier molecular flexibility index (Phi) is 8.04. The van der Waals surface area contributed by atoms with Crippen molar-refractivity contribution in [3.8, 4) is 11.1 Å². The van der Waals surface area contributed by atoms with Crippen LogP contribution < -0.4 is 16.0 Å². The lowest BCUT2D eigenvalue weighted by Crippen LogP contribution is -2.35. The number of anilines is 2. The van der Waals surface area contributed by atoms with Crippen molar-refractivity contribution in [1.82, 2.24) is 10.3 Å². The Morgan fingerprint density at radius 2 is 1.84 bits per heavy atom. The summed E-state index contributed by atoms with van der Waals surface area (Å²) in [6, 6.07) is 6.97. The number of hydrogen-bond acceptors (Lipinski definition) is 6. The highest BCUT2D eigenvalue weighted by atomic mass is 16.6. The van der Waals surface area contributed by atoms with E-state index in [2.05, 4.69) is 16.0 Å². The number of carbonyl (C=O) groups is 3. The van der Waals surface area contributed by atoms with Crippen LogP contribution in [-0.4, -0.2) is 35.8 Å². The first kappa shape index (κ1) is 27.2. The van der Waals surface area contributed by atoms with Gasteiger partial charge >= 0.3 is 12.2 Å². The predicted molar refractivity (Wildman–Crippen MR) is 146 cm³/mol. The molecule has 2 atom stereocenters. The number of aromatic nitrogens is 1. The third kappa shape index (κ3) is 6.51. The van der Waals surface area contributed by atoms with Gasteiger partial charge in [0.25, 0.3) is 0 Å². The SMILES string of the molecule is COC(=O)Nc1ccc2c(c1)NC(=O)[C@H](C)/C=C/C[C@H](NC(=O)OC(C)(C)C)c1cc-2c2c(n1)CCCC2. The van der Waals surface area contributed by atoms with E-state index in [0.29, 0.717) is 17.8 Å². The van der Waals surface area contributed by atoms with E-state index in [0.717, 1.165) is 53.8 Å². The van der Waals surface area contributed by atoms with Gasteiger partial charge in [0.1, 0.15) is 5.60 Å². The lowest BCUT2D eigenvalue weighted by Gasteiger charge is -2.27. The van der Waals surface area contributed by atoms with E-state index in [1.165, 1.54) is 7.11 Å². The molecule has 1 aliphatic carbocycles. The number of alkyl carbamates (subject to hydrolysis) is 1. The van der Waals surface area contributed by atoms with Gasteiger partial charge in [0.2, 0.25) is 5.91 Å². The lowest BCUT2D eigenvalue weighted by atomic mass is 9.87. The number of benzene rings is 1. The molecule has 0 fully saturated rings. The monoisotopic (exact) mass is 520 g/mol. The minimum atomic E-state index is -0.638. The van der Waals surface area contributed by atoms with E-state index in [9.17, 15) is 14.4 Å². The molecule has 1 aliphatic heterocycles. The number of nitrogens with zero attached hydrogens (tertiary/aromatic N) is 1. The summed E-state index contributed by atoms with van der Waals surface area (Å²) < 4.78 is 10.3. The number of rotatable bonds is 2. The fourth-order valence-corrected chi connectivity index (χ4v) is 4.73. The fraction of sp³-hybridized carbons (Fsp3) is 0.448. The van der Waals surface area contributed by atoms with Gasteiger partial charge in [-0.05, 0) is 82.2 Å². The smallest absolute Gasteiger partial charge is 0.411 e. The zero-order valence-electron chi connectivity index (χ0n) is 22.6. The summed E-state index contributed by atoms with van der Waals surface area (Å²) in [7, 11) is 1.30. The average Bonchev–Trinajstić information content (AvgIpc) is 2.86. The third-order valence-electron chi connectivity index (χ3n) is 6.58. The molecule has 0 spiro atoms. The molecule has 38 heavy (non-hydrogen) atoms. The minimum absolute atomic E-state index is 0.182. The van der Waals surface area contributed by atoms with Gasteiger partial charge in [0, 0.05) is 16.9 Å². The topological polar surface area (TPSA) is 119 Å². The number of amides is 3. The maximum Gasteiger partial charge on any atom is 0.411 e. The van der Waals surface area contributed by atoms with Crippen LogP contribution in [0.15, 0.2) is 36.4 Å². The van der Waals surface area contributed by atoms with Crippen molar-refractivity contribution in [2.75, 3.05) is 17.7 Å². The van der Waals surface area contributed by atoms with Gasteiger partial charge in [-0.25, -0.2) is 9.59 Å². The molecule has 4 rings (SSSR count). The van der Waals surface area contributed by atoms with Gasteiger partial charge in [-0.1, -0.05) is 25.1 Å². The molecule has 9 nitrogen and oxygen atoms in total. The Morgan fingerprint density at radius 1 is 1.08 bits per heavy atom. The van der Waals surface area contributed by atoms with Crippen LogP contribution in [0.2, 0.25) is 0 Å². The third-order valence-corrected chi connectivity index (χ3v) is 6.58. The molecule has 202 valence electrons. The maximum absolute atomic E-state index is 13.1. The molecule has 0 saturated heterocycles. The average molecular weight is 521 g/mol. The summed E-state index contributed by atoms with van der Waals surface area (Å²) in [4.78, 5) is 42.7. The van der Waals surface area contributed by atoms with Gasteiger partial charge in [-0.2, -0.15) is 0 Å². The standard InChI is InChI=1S/C29H36N4O5/c1-17-9-8-12-23(33-28(36)38-29(2,3)4)25-16-21(19-10-6-7-11-22(19)31-25)20-14-13-18(30-27(35)37-5)15-24(20)32-26(17)34/h8-9,13-17,23H,6-7,10-12H2,1-5H3,(H,30,35)(H,32,34)(H,33,36)/b9-8+/t17-,23+/m1/s1. The maximum atomic E-state index is 13.1. The quantitative estimate of drug-likeness (QED) is 0.424. The lowest BCUT2D eigenvalue weighted by molar-refractivity contribution is -0.118. The number of nitrogens with one attached hydrogen (secondary N) is 3. The van der Waals surface area contributed by atoms with E-state index in [4.69, 9.17) is 14.5 Å². The van der Waals surface area contributed by atoms with Crippen LogP contribution in [0, 0.1) is 5.92 Å². The number of hydrogen-bond donors (Lipinski definition) is 3. The number of aryl methyl sites for hydroxylation is 1. The molecule has 0 radical (unpaired) electrons. The number of ether oxygens (including phenoxy) is 2. The number of fused-ring (bicyclic) bond motifs is 6. The highest BCUT2D eigenvalue weighted by Crippen LogP contribution is 2.39. The highest BCUT2D eigenvalue weighted by Gasteiger charge is 2.26. The molecule has 9 heteroatoms. The molecule has 0 unspecified atom stereocenters. The van der Waals surface area contributed by atoms with Gasteiger partial charge in [0.05, 0.1) is 30.5 Å². The fourth-order valence-electron chi connectivity index (χ4n) is 4.73. The molecule has 1 aromatic heterocycles. The number of carbonyl (C=O) groups excluding carboxylic acids is 3. The second-order valence-electron chi connectivity index (χ2n) is 10.7. The van der Waals surface area contributed by atoms with E-state index >= 15 is 0 Å². The summed E-state index contributed by atoms with van der Waals surface area (Å²) in [5, 5.41) is 8.72. The van der Waals surface area contributed by atoms with Crippen molar-refractivity contribution in [1.29, 1.82) is 0 Å². The van der Waals surface area contributed by atoms with Crippen LogP contribution in [0.1, 0.15) is 70.0 Å². The zero-order chi connectivity index (χ0) is 27.4. The van der Waals surface area contributed by atoms with E-state index in [1.54, 1.807) is 12.1 Å². The largest absolute Gasteiger partial charge is 0.453 e. The summed E-state index contributed by atoms with van der Waals surface area (Å²) >= 11 is 0. The predicted octanol–water partition coefficient (Wildman–Crippen LogP) is 5.91. The molecule has 1 aromatic carbocycles. The van der Waals surface area contributed by atoms with Crippen molar-refractivity contribution in [3.05, 3.63) is 53.4 Å². The van der Waals surface area contributed by atoms with E-state index in [1.807, 2.05) is 52.0 Å². The zero-order valence-corrected chi connectivity index (χ0v) is 22.6. The molecule has 3 N–H and O–H groups in total. The molecule has 3 amide bonds. The number of pyridine rings is 1. The second kappa shape index (κ2) is 11.2. The van der Waals surface area contributed by atoms with Crippen molar-refractivity contribution >= 4 is 29.5 Å². The molecule has 2 bridgehead atoms. The van der Waals surface area contributed by atoms with Gasteiger partial charge in [-0.15, -0.1) is 0 Å². The van der Waals surface area contributed by atoms with Gasteiger partial charge < -0.3 is 20.1 Å². The van der Waals surface area contributed by atoms with E-state index in [-0.39, 0.29) is 5.91 Å². The van der Waals surface area contributed by atoms with Crippen LogP contribution in [-0.2, 0) is 27.1 Å². The van der Waals surface area contributed by atoms with Crippen molar-refractivity contribution in [2.45, 2.75) is 71.4 Å². The van der Waals surface area contributed by atoms with Crippen LogP contribution in [0.5, 0.6) is 0 Å². The van der Waals surface area contributed by atoms with Crippen molar-refractivity contribution < 1.29 is 23.9 Å². The summed E-state index contributed by atoms with van der Waals surface area (Å²) in [5.41, 5.74) is 5.09. The Hall–Kier alpha value is -3.88. The van der Waals surface area contributed by atoms with Crippen LogP contribution >= 0.6 is 0 Å². The Morgan fingerprint density at radius 3 is 2.58 bits per heavy atom. The molecule has 0 saturated carbocycles. The van der Waals surface area contributed by atoms with Gasteiger partial charge in [-0.3, -0.25) is 15.1 Å². The van der Waals surface area contributed by atoms with Crippen LogP contribution in [0.3, 0.4) is 0 Å². The first-order valence-electron chi connectivity index (χ1n) is 13.0. The normalized spacial score (nSPS) is 19.9. The molecule has 2 aromatic rings. The molecule has 2 aliphatic rings. The summed E-state index contributed by atoms with van der Waals surface area (Å²) in [6.07, 6.45) is 6.84. The van der Waals surface area contributed by atoms with E-state index < -0.39 is 29.7 Å². The van der Waals surface area contributed by atoms with Crippen LogP contribution in [0.4, 0.5) is 21.0 Å². The minimum Gasteiger partial charge on any atom is -0.453 e. The molecular weight excluding hydrogens is 484 g/mol. The van der Waals surface area contributed by atoms with Crippen LogP contribution in [0.25, 0.3) is 11.1 Å². The van der Waals surface area contributed by atoms with Crippen molar-refractivity contribution in [2.24, 2.45) is 5.92 Å². The first-order chi connectivity index (χ1) is 18.0. The second-order valence-corrected chi connectivity index (χ2v) is 10.7. The van der Waals surface area contributed by atoms with Gasteiger partial charge in [0.15, 0.2) is 0 Å². The Labute approximate surface area is 223 Å². The Balaban J connectivity index is 1.86. The number of methoxy groups -OCH3 is 1. The molecule has 2 heterocycles. The summed E-state index contributed by atoms with van der Waals surface area (Å²) in [5.74, 6) is -0.611.